The Morgan fingerprint density at radius 3 is 2.67 bits per heavy atom. The van der Waals surface area contributed by atoms with Gasteiger partial charge in [-0.15, -0.1) is 0 Å². The highest BCUT2D eigenvalue weighted by Crippen LogP contribution is 2.29. The van der Waals surface area contributed by atoms with Crippen molar-refractivity contribution in [2.24, 2.45) is 0 Å². The average molecular weight is 401 g/mol. The van der Waals surface area contributed by atoms with Gasteiger partial charge >= 0.3 is 5.69 Å². The molecule has 0 saturated carbocycles. The van der Waals surface area contributed by atoms with Gasteiger partial charge in [-0.05, 0) is 36.2 Å². The second-order valence-electron chi connectivity index (χ2n) is 5.93. The van der Waals surface area contributed by atoms with Crippen LogP contribution in [0.15, 0.2) is 58.5 Å². The highest BCUT2D eigenvalue weighted by molar-refractivity contribution is 7.98. The van der Waals surface area contributed by atoms with Crippen LogP contribution in [0.1, 0.15) is 11.3 Å². The van der Waals surface area contributed by atoms with Crippen LogP contribution in [0.4, 0.5) is 4.39 Å². The molecule has 8 heteroatoms. The van der Waals surface area contributed by atoms with Gasteiger partial charge in [0.2, 0.25) is 0 Å². The highest BCUT2D eigenvalue weighted by atomic mass is 35.5. The summed E-state index contributed by atoms with van der Waals surface area (Å²) >= 11 is 7.23. The number of aromatic nitrogens is 4. The number of hydrogen-bond acceptors (Lipinski definition) is 4. The molecule has 4 rings (SSSR count). The van der Waals surface area contributed by atoms with Crippen LogP contribution in [0.3, 0.4) is 0 Å². The lowest BCUT2D eigenvalue weighted by Crippen LogP contribution is -2.19. The Labute approximate surface area is 163 Å². The van der Waals surface area contributed by atoms with Crippen LogP contribution < -0.4 is 5.69 Å². The lowest BCUT2D eigenvalue weighted by Gasteiger charge is -2.04. The summed E-state index contributed by atoms with van der Waals surface area (Å²) in [6.45, 7) is 1.82. The average Bonchev–Trinajstić information content (AvgIpc) is 2.98. The number of H-pyrrole nitrogens is 1. The molecule has 4 aromatic rings. The molecule has 0 atom stereocenters. The number of aryl methyl sites for hydroxylation is 1. The van der Waals surface area contributed by atoms with Gasteiger partial charge in [0.25, 0.3) is 0 Å². The number of nitrogens with one attached hydrogen (secondary N) is 1. The first-order valence-electron chi connectivity index (χ1n) is 8.15. The smallest absolute Gasteiger partial charge is 0.285 e. The van der Waals surface area contributed by atoms with Crippen LogP contribution in [0.2, 0.25) is 5.02 Å². The fraction of sp³-hybridized carbons (Fsp3) is 0.105. The molecule has 5 nitrogen and oxygen atoms in total. The first-order valence-corrected chi connectivity index (χ1v) is 9.51. The molecular formula is C19H14ClFN4OS. The number of benzene rings is 2. The Hall–Kier alpha value is -2.64. The maximum absolute atomic E-state index is 13.8. The summed E-state index contributed by atoms with van der Waals surface area (Å²) in [5, 5.41) is 5.33. The van der Waals surface area contributed by atoms with Crippen molar-refractivity contribution in [1.29, 1.82) is 0 Å². The van der Waals surface area contributed by atoms with E-state index in [-0.39, 0.29) is 11.5 Å². The molecule has 2 heterocycles. The van der Waals surface area contributed by atoms with E-state index in [1.807, 2.05) is 19.1 Å². The Balaban J connectivity index is 1.76. The number of rotatable bonds is 4. The zero-order valence-corrected chi connectivity index (χ0v) is 15.8. The van der Waals surface area contributed by atoms with E-state index < -0.39 is 0 Å². The van der Waals surface area contributed by atoms with E-state index in [0.717, 1.165) is 11.1 Å². The van der Waals surface area contributed by atoms with Gasteiger partial charge in [-0.25, -0.2) is 14.2 Å². The third-order valence-electron chi connectivity index (χ3n) is 4.10. The van der Waals surface area contributed by atoms with Gasteiger partial charge in [-0.2, -0.15) is 9.61 Å². The number of thioether (sulfide) groups is 1. The molecule has 0 fully saturated rings. The minimum Gasteiger partial charge on any atom is -0.285 e. The number of fused-ring (bicyclic) bond motifs is 1. The minimum atomic E-state index is -0.389. The molecule has 1 N–H and O–H groups in total. The monoisotopic (exact) mass is 400 g/mol. The van der Waals surface area contributed by atoms with Crippen molar-refractivity contribution in [3.63, 3.8) is 0 Å². The molecule has 0 aliphatic carbocycles. The Morgan fingerprint density at radius 2 is 1.93 bits per heavy atom. The summed E-state index contributed by atoms with van der Waals surface area (Å²) in [4.78, 5) is 19.7. The number of aromatic amines is 1. The molecular weight excluding hydrogens is 387 g/mol. The molecule has 0 saturated heterocycles. The largest absolute Gasteiger partial charge is 0.350 e. The van der Waals surface area contributed by atoms with Crippen molar-refractivity contribution in [2.75, 3.05) is 0 Å². The predicted octanol–water partition coefficient (Wildman–Crippen LogP) is 4.48. The molecule has 2 aromatic heterocycles. The summed E-state index contributed by atoms with van der Waals surface area (Å²) in [6, 6.07) is 13.8. The number of nitrogens with zero attached hydrogens (tertiary/aromatic N) is 3. The highest BCUT2D eigenvalue weighted by Gasteiger charge is 2.16. The van der Waals surface area contributed by atoms with Gasteiger partial charge in [-0.1, -0.05) is 53.7 Å². The number of hydrogen-bond donors (Lipinski definition) is 1. The van der Waals surface area contributed by atoms with E-state index in [1.165, 1.54) is 22.3 Å². The van der Waals surface area contributed by atoms with Crippen molar-refractivity contribution >= 4 is 29.0 Å². The fourth-order valence-corrected chi connectivity index (χ4v) is 3.78. The lowest BCUT2D eigenvalue weighted by molar-refractivity contribution is 0.617. The van der Waals surface area contributed by atoms with E-state index >= 15 is 0 Å². The molecule has 2 aromatic carbocycles. The Kier molecular flexibility index (Phi) is 4.72. The first kappa shape index (κ1) is 17.8. The van der Waals surface area contributed by atoms with Gasteiger partial charge in [0.15, 0.2) is 10.8 Å². The minimum absolute atomic E-state index is 0.282. The van der Waals surface area contributed by atoms with E-state index in [9.17, 15) is 9.18 Å². The normalized spacial score (nSPS) is 11.2. The van der Waals surface area contributed by atoms with E-state index in [4.69, 9.17) is 11.6 Å². The zero-order valence-electron chi connectivity index (χ0n) is 14.2. The third kappa shape index (κ3) is 3.48. The van der Waals surface area contributed by atoms with E-state index in [1.54, 1.807) is 30.3 Å². The Bertz CT molecular complexity index is 1190. The van der Waals surface area contributed by atoms with Gasteiger partial charge in [-0.3, -0.25) is 4.98 Å². The zero-order chi connectivity index (χ0) is 19.0. The molecule has 0 radical (unpaired) electrons. The Morgan fingerprint density at radius 1 is 1.19 bits per heavy atom. The van der Waals surface area contributed by atoms with E-state index in [0.29, 0.717) is 32.8 Å². The fourth-order valence-electron chi connectivity index (χ4n) is 2.81. The molecule has 0 amide bonds. The number of halogens is 2. The topological polar surface area (TPSA) is 63.1 Å². The van der Waals surface area contributed by atoms with Crippen molar-refractivity contribution in [3.8, 4) is 11.1 Å². The summed E-state index contributed by atoms with van der Waals surface area (Å²) in [7, 11) is 0. The van der Waals surface area contributed by atoms with Crippen molar-refractivity contribution in [2.45, 2.75) is 17.8 Å². The first-order chi connectivity index (χ1) is 13.0. The van der Waals surface area contributed by atoms with Crippen LogP contribution in [0.25, 0.3) is 16.8 Å². The van der Waals surface area contributed by atoms with Crippen LogP contribution in [0, 0.1) is 12.7 Å². The third-order valence-corrected chi connectivity index (χ3v) is 5.28. The lowest BCUT2D eigenvalue weighted by atomic mass is 10.1. The summed E-state index contributed by atoms with van der Waals surface area (Å²) in [5.41, 5.74) is 2.94. The molecule has 0 spiro atoms. The maximum Gasteiger partial charge on any atom is 0.350 e. The quantitative estimate of drug-likeness (QED) is 0.513. The molecule has 0 aliphatic heterocycles. The van der Waals surface area contributed by atoms with Crippen LogP contribution in [-0.4, -0.2) is 19.6 Å². The van der Waals surface area contributed by atoms with Gasteiger partial charge in [0.1, 0.15) is 5.82 Å². The SMILES string of the molecule is Cc1nn2c(=O)[nH]c(SCc3ccccc3F)nc2c1-c1ccc(Cl)cc1. The summed E-state index contributed by atoms with van der Waals surface area (Å²) in [5.74, 6) is 0.0744. The summed E-state index contributed by atoms with van der Waals surface area (Å²) in [6.07, 6.45) is 0. The van der Waals surface area contributed by atoms with Gasteiger partial charge < -0.3 is 0 Å². The van der Waals surface area contributed by atoms with Crippen molar-refractivity contribution in [3.05, 3.63) is 81.1 Å². The maximum atomic E-state index is 13.8. The second-order valence-corrected chi connectivity index (χ2v) is 7.33. The second kappa shape index (κ2) is 7.17. The molecule has 0 unspecified atom stereocenters. The van der Waals surface area contributed by atoms with Crippen LogP contribution >= 0.6 is 23.4 Å². The van der Waals surface area contributed by atoms with E-state index in [2.05, 4.69) is 15.1 Å². The van der Waals surface area contributed by atoms with Crippen molar-refractivity contribution < 1.29 is 4.39 Å². The molecule has 136 valence electrons. The van der Waals surface area contributed by atoms with Crippen LogP contribution in [-0.2, 0) is 5.75 Å². The molecule has 27 heavy (non-hydrogen) atoms. The predicted molar refractivity (Wildman–Crippen MR) is 105 cm³/mol. The van der Waals surface area contributed by atoms with Gasteiger partial charge in [0, 0.05) is 16.3 Å². The van der Waals surface area contributed by atoms with Gasteiger partial charge in [0.05, 0.1) is 5.69 Å². The molecule has 0 bridgehead atoms. The molecule has 0 aliphatic rings. The van der Waals surface area contributed by atoms with Crippen LogP contribution in [0.5, 0.6) is 0 Å². The summed E-state index contributed by atoms with van der Waals surface area (Å²) < 4.78 is 15.1. The standard InChI is InChI=1S/C19H14ClFN4OS/c1-11-16(12-6-8-14(20)9-7-12)17-22-18(23-19(26)25(17)24-11)27-10-13-4-2-3-5-15(13)21/h2-9H,10H2,1H3,(H,22,23,26). The van der Waals surface area contributed by atoms with Crippen molar-refractivity contribution in [1.82, 2.24) is 19.6 Å².